The minimum absolute atomic E-state index is 0.478. The molecule has 9 N–H and O–H groups in total. The first-order valence-electron chi connectivity index (χ1n) is 33.0. The van der Waals surface area contributed by atoms with Gasteiger partial charge in [-0.15, -0.1) is 0 Å². The van der Waals surface area contributed by atoms with Gasteiger partial charge < -0.3 is 60.2 Å². The molecule has 12 atom stereocenters. The maximum Gasteiger partial charge on any atom is 0.483 e. The number of rotatable bonds is 43. The van der Waals surface area contributed by atoms with Gasteiger partial charge in [0.2, 0.25) is 11.8 Å². The molecule has 0 aromatic rings. The second-order valence-electron chi connectivity index (χ2n) is 25.6. The minimum atomic E-state index is -5.63. The van der Waals surface area contributed by atoms with Crippen molar-refractivity contribution in [2.24, 2.45) is 0 Å². The maximum atomic E-state index is 13.1. The fourth-order valence-electron chi connectivity index (χ4n) is 10.6. The number of phosphoric acid groups is 2. The van der Waals surface area contributed by atoms with Gasteiger partial charge in [-0.3, -0.25) is 18.6 Å². The molecule has 0 aliphatic carbocycles. The van der Waals surface area contributed by atoms with Gasteiger partial charge in [0, 0.05) is 13.8 Å². The van der Waals surface area contributed by atoms with Crippen LogP contribution in [0.3, 0.4) is 0 Å². The highest BCUT2D eigenvalue weighted by Crippen LogP contribution is 2.61. The van der Waals surface area contributed by atoms with Crippen LogP contribution in [0.2, 0.25) is 0 Å². The molecule has 2 rings (SSSR count). The Morgan fingerprint density at radius 1 is 0.402 bits per heavy atom. The monoisotopic (exact) mass is 1330 g/mol. The van der Waals surface area contributed by atoms with E-state index >= 15 is 0 Å². The molecule has 2 fully saturated rings. The summed E-state index contributed by atoms with van der Waals surface area (Å²) in [6, 6.07) is -3.26. The van der Waals surface area contributed by atoms with E-state index in [9.17, 15) is 54.0 Å². The van der Waals surface area contributed by atoms with Crippen molar-refractivity contribution in [3.8, 4) is 0 Å². The van der Waals surface area contributed by atoms with E-state index in [1.54, 1.807) is 6.92 Å². The average molecular weight is 1330 g/mol. The molecular weight excluding hydrogens is 1210 g/mol. The van der Waals surface area contributed by atoms with Gasteiger partial charge in [0.1, 0.15) is 48.7 Å². The van der Waals surface area contributed by atoms with Crippen molar-refractivity contribution >= 4 is 27.5 Å². The van der Waals surface area contributed by atoms with Gasteiger partial charge >= 0.3 is 15.6 Å². The Morgan fingerprint density at radius 2 is 0.696 bits per heavy atom. The standard InChI is InChI=1S/C71H118N2O17P2/c1-49(2)25-15-26-50(3)27-16-28-51(4)29-17-30-52(5)31-18-32-53(6)33-19-34-54(7)35-20-36-55(8)37-21-38-56(9)39-22-40-57(10)41-23-42-58(11)43-24-44-59(12)45-46-85-91(81,82)90-92(83,84)89-71-65(73-61(14)77)68(80)69(63(48-75)87-71)88-70-64(72-60(13)76)67(79)66(78)62(47-74)86-70/h25,27,29,31,33,35,37,39,41,43,45,62-71,74-75,78-80H,15-24,26,28,30,32,34,36,38,40,42,44,46-48H2,1-14H3,(H,72,76)(H,73,77)(H,81,82)(H,83,84)/b50-27+,51-29+,52-31-,53-33-,54-35-,55-37-,56-39-,57-41-,58-43-,59-45-/t62-,63-,64+,65-,66-,67-,68-,69-,70+,71?/m1/s1. The van der Waals surface area contributed by atoms with Crippen LogP contribution < -0.4 is 10.6 Å². The van der Waals surface area contributed by atoms with Crippen molar-refractivity contribution in [3.05, 3.63) is 128 Å². The normalized spacial score (nSPS) is 25.1. The van der Waals surface area contributed by atoms with Crippen molar-refractivity contribution in [2.45, 2.75) is 287 Å². The van der Waals surface area contributed by atoms with Crippen molar-refractivity contribution in [3.63, 3.8) is 0 Å². The van der Waals surface area contributed by atoms with E-state index in [0.29, 0.717) is 12.8 Å². The van der Waals surface area contributed by atoms with Crippen LogP contribution in [-0.2, 0) is 46.3 Å². The van der Waals surface area contributed by atoms with E-state index in [4.69, 9.17) is 23.3 Å². The molecule has 2 amide bonds. The van der Waals surface area contributed by atoms with Crippen molar-refractivity contribution in [1.82, 2.24) is 10.6 Å². The Morgan fingerprint density at radius 3 is 1.00 bits per heavy atom. The molecule has 0 radical (unpaired) electrons. The fourth-order valence-corrected chi connectivity index (χ4v) is 12.7. The Labute approximate surface area is 551 Å². The van der Waals surface area contributed by atoms with E-state index < -0.39 is 109 Å². The predicted molar refractivity (Wildman–Crippen MR) is 367 cm³/mol. The van der Waals surface area contributed by atoms with Gasteiger partial charge in [-0.1, -0.05) is 128 Å². The SMILES string of the molecule is CC(=O)N[C@@H]1[C@H](O[C@H]2[C@H](O)[C@@H](NC(C)=O)C(OP(=O)(O)OP(=O)(O)OC/C=C(/C)CC/C=C(/C)CC/C=C(/C)CC/C=C(/C)CC/C=C(/C)CC/C=C(/C)CC/C=C(/C)CC/C=C(/C)CC/C=C(\C)CC/C=C(\C)CCC=C(C)C)O[C@@H]2CO)O[C@H](CO)[C@@H](O)[C@@H]1O. The molecule has 2 saturated heterocycles. The maximum absolute atomic E-state index is 13.1. The number of aliphatic hydroxyl groups excluding tert-OH is 5. The van der Waals surface area contributed by atoms with Crippen LogP contribution in [-0.4, -0.2) is 128 Å². The van der Waals surface area contributed by atoms with Gasteiger partial charge in [-0.25, -0.2) is 9.13 Å². The number of carbonyl (C=O) groups excluding carboxylic acids is 2. The van der Waals surface area contributed by atoms with E-state index in [1.807, 2.05) is 0 Å². The summed E-state index contributed by atoms with van der Waals surface area (Å²) in [6.45, 7) is 26.1. The Bertz CT molecular complexity index is 2710. The first-order chi connectivity index (χ1) is 43.3. The predicted octanol–water partition coefficient (Wildman–Crippen LogP) is 14.4. The molecule has 0 spiro atoms. The van der Waals surface area contributed by atoms with Crippen LogP contribution >= 0.6 is 15.6 Å². The summed E-state index contributed by atoms with van der Waals surface area (Å²) in [4.78, 5) is 45.1. The number of ether oxygens (including phenoxy) is 3. The Balaban J connectivity index is 1.71. The zero-order chi connectivity index (χ0) is 69.0. The number of hydrogen-bond donors (Lipinski definition) is 9. The summed E-state index contributed by atoms with van der Waals surface area (Å²) in [5.74, 6) is -1.50. The lowest BCUT2D eigenvalue weighted by Crippen LogP contribution is -2.69. The van der Waals surface area contributed by atoms with Crippen LogP contribution in [0.5, 0.6) is 0 Å². The lowest BCUT2D eigenvalue weighted by Gasteiger charge is -2.48. The Hall–Kier alpha value is -3.98. The van der Waals surface area contributed by atoms with E-state index in [-0.39, 0.29) is 0 Å². The molecule has 2 heterocycles. The van der Waals surface area contributed by atoms with Gasteiger partial charge in [-0.05, 0) is 212 Å². The summed E-state index contributed by atoms with van der Waals surface area (Å²) in [5.41, 5.74) is 15.1. The molecule has 0 aromatic heterocycles. The number of amides is 2. The smallest absolute Gasteiger partial charge is 0.394 e. The third-order valence-corrected chi connectivity index (χ3v) is 18.9. The highest BCUT2D eigenvalue weighted by Gasteiger charge is 2.53. The largest absolute Gasteiger partial charge is 0.483 e. The van der Waals surface area contributed by atoms with Crippen LogP contribution in [0.15, 0.2) is 128 Å². The van der Waals surface area contributed by atoms with E-state index in [0.717, 1.165) is 135 Å². The van der Waals surface area contributed by atoms with E-state index in [1.165, 1.54) is 61.8 Å². The van der Waals surface area contributed by atoms with Crippen molar-refractivity contribution in [2.75, 3.05) is 19.8 Å². The highest BCUT2D eigenvalue weighted by molar-refractivity contribution is 7.61. The Kier molecular flexibility index (Phi) is 41.6. The summed E-state index contributed by atoms with van der Waals surface area (Å²) >= 11 is 0. The van der Waals surface area contributed by atoms with Crippen molar-refractivity contribution < 1.29 is 81.6 Å². The summed E-state index contributed by atoms with van der Waals surface area (Å²) < 4.78 is 57.4. The first kappa shape index (κ1) is 84.1. The van der Waals surface area contributed by atoms with Gasteiger partial charge in [0.25, 0.3) is 0 Å². The average Bonchev–Trinajstić information content (AvgIpc) is 0.781. The molecule has 92 heavy (non-hydrogen) atoms. The fraction of sp³-hybridized carbons (Fsp3) is 0.662. The number of carbonyl (C=O) groups is 2. The second-order valence-corrected chi connectivity index (χ2v) is 28.6. The zero-order valence-electron chi connectivity index (χ0n) is 58.0. The molecule has 2 aliphatic rings. The van der Waals surface area contributed by atoms with Gasteiger partial charge in [-0.2, -0.15) is 4.31 Å². The number of phosphoric ester groups is 2. The van der Waals surface area contributed by atoms with Gasteiger partial charge in [0.05, 0.1) is 19.8 Å². The quantitative estimate of drug-likeness (QED) is 0.0203. The molecule has 21 heteroatoms. The molecule has 3 unspecified atom stereocenters. The number of aliphatic hydroxyl groups is 5. The van der Waals surface area contributed by atoms with Crippen LogP contribution in [0.4, 0.5) is 0 Å². The molecule has 0 aromatic carbocycles. The lowest BCUT2D eigenvalue weighted by molar-refractivity contribution is -0.325. The van der Waals surface area contributed by atoms with Gasteiger partial charge in [0.15, 0.2) is 12.6 Å². The highest BCUT2D eigenvalue weighted by atomic mass is 31.3. The van der Waals surface area contributed by atoms with Crippen molar-refractivity contribution in [1.29, 1.82) is 0 Å². The summed E-state index contributed by atoms with van der Waals surface area (Å²) in [6.07, 6.45) is 32.0. The third-order valence-electron chi connectivity index (χ3n) is 16.3. The molecule has 524 valence electrons. The molecular formula is C71H118N2O17P2. The third kappa shape index (κ3) is 36.8. The van der Waals surface area contributed by atoms with Crippen LogP contribution in [0.1, 0.15) is 225 Å². The second kappa shape index (κ2) is 45.5. The van der Waals surface area contributed by atoms with Crippen LogP contribution in [0, 0.1) is 0 Å². The molecule has 2 aliphatic heterocycles. The molecule has 19 nitrogen and oxygen atoms in total. The van der Waals surface area contributed by atoms with Crippen LogP contribution in [0.25, 0.3) is 0 Å². The number of nitrogens with one attached hydrogen (secondary N) is 2. The topological polar surface area (TPSA) is 289 Å². The minimum Gasteiger partial charge on any atom is -0.394 e. The summed E-state index contributed by atoms with van der Waals surface area (Å²) in [7, 11) is -10.9. The van der Waals surface area contributed by atoms with E-state index in [2.05, 4.69) is 152 Å². The molecule has 0 bridgehead atoms. The first-order valence-corrected chi connectivity index (χ1v) is 36.0. The zero-order valence-corrected chi connectivity index (χ0v) is 59.8. The number of allylic oxidation sites excluding steroid dienone is 21. The molecule has 0 saturated carbocycles. The number of hydrogen-bond acceptors (Lipinski definition) is 15. The lowest BCUT2D eigenvalue weighted by atomic mass is 9.94. The summed E-state index contributed by atoms with van der Waals surface area (Å²) in [5, 5.41) is 57.0.